The quantitative estimate of drug-likeness (QED) is 0.781. The van der Waals surface area contributed by atoms with Gasteiger partial charge >= 0.3 is 0 Å². The Morgan fingerprint density at radius 2 is 1.00 bits per heavy atom. The highest BCUT2D eigenvalue weighted by Crippen LogP contribution is 2.23. The van der Waals surface area contributed by atoms with Gasteiger partial charge in [-0.05, 0) is 25.7 Å². The molecule has 0 aromatic heterocycles. The van der Waals surface area contributed by atoms with E-state index in [4.69, 9.17) is 0 Å². The molecule has 0 saturated heterocycles. The van der Waals surface area contributed by atoms with Gasteiger partial charge in [0.2, 0.25) is 11.8 Å². The Morgan fingerprint density at radius 1 is 0.682 bits per heavy atom. The van der Waals surface area contributed by atoms with E-state index < -0.39 is 0 Å². The van der Waals surface area contributed by atoms with Gasteiger partial charge in [-0.3, -0.25) is 9.59 Å². The highest BCUT2D eigenvalue weighted by molar-refractivity contribution is 5.83. The fourth-order valence-corrected chi connectivity index (χ4v) is 3.91. The van der Waals surface area contributed by atoms with Gasteiger partial charge in [-0.2, -0.15) is 0 Å². The molecular weight excluding hydrogens is 276 g/mol. The Hall–Kier alpha value is -1.06. The first kappa shape index (κ1) is 17.3. The third kappa shape index (κ3) is 4.72. The Labute approximate surface area is 135 Å². The summed E-state index contributed by atoms with van der Waals surface area (Å²) in [5.74, 6) is 0.273. The molecule has 2 aliphatic rings. The fraction of sp³-hybridized carbons (Fsp3) is 0.889. The normalized spacial score (nSPS) is 20.6. The molecule has 2 rings (SSSR count). The second kappa shape index (κ2) is 8.54. The minimum Gasteiger partial charge on any atom is -0.343 e. The second-order valence-electron chi connectivity index (χ2n) is 7.09. The van der Waals surface area contributed by atoms with Crippen LogP contribution in [0, 0.1) is 0 Å². The highest BCUT2D eigenvalue weighted by Gasteiger charge is 2.25. The van der Waals surface area contributed by atoms with Gasteiger partial charge in [-0.1, -0.05) is 38.5 Å². The molecule has 0 aromatic rings. The molecule has 4 heteroatoms. The number of amides is 2. The summed E-state index contributed by atoms with van der Waals surface area (Å²) in [5, 5.41) is 0. The van der Waals surface area contributed by atoms with Crippen molar-refractivity contribution in [2.24, 2.45) is 0 Å². The van der Waals surface area contributed by atoms with Crippen LogP contribution in [0.15, 0.2) is 0 Å². The fourth-order valence-electron chi connectivity index (χ4n) is 3.91. The third-order valence-electron chi connectivity index (χ3n) is 5.58. The molecule has 2 saturated carbocycles. The molecular formula is C18H32N2O2. The van der Waals surface area contributed by atoms with Crippen molar-refractivity contribution < 1.29 is 9.59 Å². The van der Waals surface area contributed by atoms with Crippen molar-refractivity contribution in [2.75, 3.05) is 14.1 Å². The van der Waals surface area contributed by atoms with E-state index in [1.165, 1.54) is 38.5 Å². The Kier molecular flexibility index (Phi) is 6.71. The average Bonchev–Trinajstić information content (AvgIpc) is 2.59. The molecule has 2 amide bonds. The van der Waals surface area contributed by atoms with Crippen LogP contribution < -0.4 is 0 Å². The first-order valence-corrected chi connectivity index (χ1v) is 9.11. The largest absolute Gasteiger partial charge is 0.343 e. The molecule has 0 unspecified atom stereocenters. The first-order chi connectivity index (χ1) is 10.6. The van der Waals surface area contributed by atoms with Crippen molar-refractivity contribution in [1.29, 1.82) is 0 Å². The van der Waals surface area contributed by atoms with Gasteiger partial charge in [0.1, 0.15) is 0 Å². The predicted octanol–water partition coefficient (Wildman–Crippen LogP) is 3.35. The van der Waals surface area contributed by atoms with Gasteiger partial charge in [0.05, 0.1) is 0 Å². The molecule has 22 heavy (non-hydrogen) atoms. The summed E-state index contributed by atoms with van der Waals surface area (Å²) in [4.78, 5) is 28.4. The van der Waals surface area contributed by atoms with E-state index >= 15 is 0 Å². The number of hydrogen-bond donors (Lipinski definition) is 0. The van der Waals surface area contributed by atoms with Gasteiger partial charge in [0, 0.05) is 39.0 Å². The van der Waals surface area contributed by atoms with Crippen LogP contribution in [-0.4, -0.2) is 47.8 Å². The second-order valence-corrected chi connectivity index (χ2v) is 7.09. The van der Waals surface area contributed by atoms with Crippen LogP contribution in [0.3, 0.4) is 0 Å². The van der Waals surface area contributed by atoms with Crippen LogP contribution in [0.1, 0.15) is 77.0 Å². The van der Waals surface area contributed by atoms with E-state index in [-0.39, 0.29) is 11.8 Å². The van der Waals surface area contributed by atoms with Gasteiger partial charge in [0.15, 0.2) is 0 Å². The van der Waals surface area contributed by atoms with Gasteiger partial charge in [-0.25, -0.2) is 0 Å². The summed E-state index contributed by atoms with van der Waals surface area (Å²) >= 11 is 0. The molecule has 0 bridgehead atoms. The SMILES string of the molecule is CN(C(=O)CCC(=O)N(C)C1CCCCC1)C1CCCCC1. The molecule has 0 spiro atoms. The van der Waals surface area contributed by atoms with E-state index in [9.17, 15) is 9.59 Å². The number of carbonyl (C=O) groups is 2. The maximum atomic E-state index is 12.3. The monoisotopic (exact) mass is 308 g/mol. The lowest BCUT2D eigenvalue weighted by atomic mass is 9.94. The minimum atomic E-state index is 0.136. The summed E-state index contributed by atoms with van der Waals surface area (Å²) in [6.07, 6.45) is 12.7. The average molecular weight is 308 g/mol. The van der Waals surface area contributed by atoms with Crippen LogP contribution in [0.25, 0.3) is 0 Å². The van der Waals surface area contributed by atoms with Crippen LogP contribution in [0.4, 0.5) is 0 Å². The van der Waals surface area contributed by atoms with E-state index in [2.05, 4.69) is 0 Å². The molecule has 0 aliphatic heterocycles. The highest BCUT2D eigenvalue weighted by atomic mass is 16.2. The lowest BCUT2D eigenvalue weighted by Gasteiger charge is -2.32. The van der Waals surface area contributed by atoms with Crippen LogP contribution in [0.5, 0.6) is 0 Å². The summed E-state index contributed by atoms with van der Waals surface area (Å²) < 4.78 is 0. The summed E-state index contributed by atoms with van der Waals surface area (Å²) in [6.45, 7) is 0. The predicted molar refractivity (Wildman–Crippen MR) is 88.5 cm³/mol. The molecule has 4 nitrogen and oxygen atoms in total. The van der Waals surface area contributed by atoms with Crippen LogP contribution in [0.2, 0.25) is 0 Å². The molecule has 0 aromatic carbocycles. The van der Waals surface area contributed by atoms with Gasteiger partial charge in [-0.15, -0.1) is 0 Å². The van der Waals surface area contributed by atoms with Crippen molar-refractivity contribution >= 4 is 11.8 Å². The topological polar surface area (TPSA) is 40.6 Å². The smallest absolute Gasteiger partial charge is 0.223 e. The van der Waals surface area contributed by atoms with E-state index in [0.29, 0.717) is 24.9 Å². The van der Waals surface area contributed by atoms with E-state index in [0.717, 1.165) is 25.7 Å². The molecule has 126 valence electrons. The van der Waals surface area contributed by atoms with Crippen LogP contribution >= 0.6 is 0 Å². The van der Waals surface area contributed by atoms with Crippen molar-refractivity contribution in [2.45, 2.75) is 89.1 Å². The molecule has 2 aliphatic carbocycles. The number of nitrogens with zero attached hydrogens (tertiary/aromatic N) is 2. The Bertz CT molecular complexity index is 335. The van der Waals surface area contributed by atoms with Gasteiger partial charge < -0.3 is 9.80 Å². The maximum absolute atomic E-state index is 12.3. The molecule has 2 fully saturated rings. The summed E-state index contributed by atoms with van der Waals surface area (Å²) in [5.41, 5.74) is 0. The minimum absolute atomic E-state index is 0.136. The van der Waals surface area contributed by atoms with E-state index in [1.54, 1.807) is 0 Å². The number of rotatable bonds is 5. The maximum Gasteiger partial charge on any atom is 0.223 e. The standard InChI is InChI=1S/C18H32N2O2/c1-19(15-9-5-3-6-10-15)17(21)13-14-18(22)20(2)16-11-7-4-8-12-16/h15-16H,3-14H2,1-2H3. The number of carbonyl (C=O) groups excluding carboxylic acids is 2. The van der Waals surface area contributed by atoms with Gasteiger partial charge in [0.25, 0.3) is 0 Å². The Balaban J connectivity index is 1.73. The van der Waals surface area contributed by atoms with Crippen molar-refractivity contribution in [3.05, 3.63) is 0 Å². The zero-order valence-electron chi connectivity index (χ0n) is 14.4. The van der Waals surface area contributed by atoms with Crippen LogP contribution in [-0.2, 0) is 9.59 Å². The lowest BCUT2D eigenvalue weighted by Crippen LogP contribution is -2.40. The first-order valence-electron chi connectivity index (χ1n) is 9.11. The molecule has 0 N–H and O–H groups in total. The summed E-state index contributed by atoms with van der Waals surface area (Å²) in [6, 6.07) is 0.792. The zero-order valence-corrected chi connectivity index (χ0v) is 14.4. The number of hydrogen-bond acceptors (Lipinski definition) is 2. The Morgan fingerprint density at radius 3 is 1.32 bits per heavy atom. The molecule has 0 heterocycles. The lowest BCUT2D eigenvalue weighted by molar-refractivity contribution is -0.138. The third-order valence-corrected chi connectivity index (χ3v) is 5.58. The molecule has 0 atom stereocenters. The molecule has 0 radical (unpaired) electrons. The van der Waals surface area contributed by atoms with Crippen molar-refractivity contribution in [3.63, 3.8) is 0 Å². The zero-order chi connectivity index (χ0) is 15.9. The van der Waals surface area contributed by atoms with Crippen molar-refractivity contribution in [1.82, 2.24) is 9.80 Å². The van der Waals surface area contributed by atoms with Crippen molar-refractivity contribution in [3.8, 4) is 0 Å². The summed E-state index contributed by atoms with van der Waals surface area (Å²) in [7, 11) is 3.82. The van der Waals surface area contributed by atoms with E-state index in [1.807, 2.05) is 23.9 Å².